The number of rotatable bonds is 9. The highest BCUT2D eigenvalue weighted by Crippen LogP contribution is 2.19. The average Bonchev–Trinajstić information content (AvgIpc) is 3.33. The first-order chi connectivity index (χ1) is 15.7. The Bertz CT molecular complexity index is 1170. The molecule has 4 rings (SSSR count). The monoisotopic (exact) mass is 529 g/mol. The van der Waals surface area contributed by atoms with E-state index >= 15 is 0 Å². The topological polar surface area (TPSA) is 109 Å². The van der Waals surface area contributed by atoms with Gasteiger partial charge in [0.2, 0.25) is 17.8 Å². The number of hydrogen-bond donors (Lipinski definition) is 3. The van der Waals surface area contributed by atoms with Crippen molar-refractivity contribution in [2.24, 2.45) is 5.10 Å². The maximum atomic E-state index is 5.35. The lowest BCUT2D eigenvalue weighted by Gasteiger charge is -2.10. The van der Waals surface area contributed by atoms with Crippen LogP contribution in [0.15, 0.2) is 80.9 Å². The van der Waals surface area contributed by atoms with Gasteiger partial charge in [0.05, 0.1) is 26.1 Å². The SMILES string of the molecule is COc1ccc(Nc2nc(NCc3ccco3)nc(N/N=C/c3ccc(Br)cc3)n2)cc1.Cl. The van der Waals surface area contributed by atoms with E-state index in [9.17, 15) is 0 Å². The fraction of sp³-hybridized carbons (Fsp3) is 0.0909. The largest absolute Gasteiger partial charge is 0.497 e. The Morgan fingerprint density at radius 3 is 2.39 bits per heavy atom. The molecule has 0 radical (unpaired) electrons. The summed E-state index contributed by atoms with van der Waals surface area (Å²) >= 11 is 3.42. The number of hydrogen-bond acceptors (Lipinski definition) is 9. The molecule has 33 heavy (non-hydrogen) atoms. The maximum Gasteiger partial charge on any atom is 0.250 e. The first-order valence-corrected chi connectivity index (χ1v) is 10.5. The Morgan fingerprint density at radius 1 is 0.970 bits per heavy atom. The highest BCUT2D eigenvalue weighted by atomic mass is 79.9. The van der Waals surface area contributed by atoms with Gasteiger partial charge in [0, 0.05) is 10.2 Å². The number of aromatic nitrogens is 3. The minimum Gasteiger partial charge on any atom is -0.497 e. The molecule has 0 bridgehead atoms. The summed E-state index contributed by atoms with van der Waals surface area (Å²) < 4.78 is 11.5. The molecule has 0 saturated heterocycles. The number of benzene rings is 2. The highest BCUT2D eigenvalue weighted by Gasteiger charge is 2.08. The molecule has 3 N–H and O–H groups in total. The smallest absolute Gasteiger partial charge is 0.250 e. The number of hydrazone groups is 1. The third-order valence-electron chi connectivity index (χ3n) is 4.23. The summed E-state index contributed by atoms with van der Waals surface area (Å²) in [6, 6.07) is 18.9. The van der Waals surface area contributed by atoms with Crippen LogP contribution in [0.3, 0.4) is 0 Å². The Kier molecular flexibility index (Phi) is 8.62. The molecule has 0 atom stereocenters. The first kappa shape index (κ1) is 24.0. The highest BCUT2D eigenvalue weighted by molar-refractivity contribution is 9.10. The van der Waals surface area contributed by atoms with Gasteiger partial charge in [0.25, 0.3) is 0 Å². The van der Waals surface area contributed by atoms with Crippen molar-refractivity contribution in [2.45, 2.75) is 6.54 Å². The van der Waals surface area contributed by atoms with E-state index in [4.69, 9.17) is 9.15 Å². The second kappa shape index (κ2) is 11.8. The number of nitrogens with one attached hydrogen (secondary N) is 3. The van der Waals surface area contributed by atoms with Crippen molar-refractivity contribution < 1.29 is 9.15 Å². The van der Waals surface area contributed by atoms with Gasteiger partial charge in [0.1, 0.15) is 11.5 Å². The third-order valence-corrected chi connectivity index (χ3v) is 4.76. The molecule has 170 valence electrons. The Balaban J connectivity index is 0.00000306. The van der Waals surface area contributed by atoms with Gasteiger partial charge in [-0.25, -0.2) is 5.43 Å². The second-order valence-electron chi connectivity index (χ2n) is 6.51. The van der Waals surface area contributed by atoms with Gasteiger partial charge >= 0.3 is 0 Å². The van der Waals surface area contributed by atoms with E-state index < -0.39 is 0 Å². The lowest BCUT2D eigenvalue weighted by Crippen LogP contribution is -2.09. The fourth-order valence-electron chi connectivity index (χ4n) is 2.66. The van der Waals surface area contributed by atoms with Crippen molar-refractivity contribution >= 4 is 58.1 Å². The molecule has 9 nitrogen and oxygen atoms in total. The molecule has 0 saturated carbocycles. The number of halogens is 2. The average molecular weight is 531 g/mol. The summed E-state index contributed by atoms with van der Waals surface area (Å²) in [4.78, 5) is 13.2. The standard InChI is InChI=1S/C22H20BrN7O2.ClH/c1-31-18-10-8-17(9-11-18)26-21-27-20(24-14-19-3-2-12-32-19)28-22(29-21)30-25-13-15-4-6-16(23)7-5-15;/h2-13H,14H2,1H3,(H3,24,26,27,28,29,30);1H/b25-13+;. The van der Waals surface area contributed by atoms with Crippen molar-refractivity contribution in [1.29, 1.82) is 0 Å². The molecule has 0 aliphatic carbocycles. The normalized spacial score (nSPS) is 10.5. The van der Waals surface area contributed by atoms with Crippen LogP contribution >= 0.6 is 28.3 Å². The maximum absolute atomic E-state index is 5.35. The van der Waals surface area contributed by atoms with Crippen molar-refractivity contribution in [3.05, 3.63) is 82.7 Å². The van der Waals surface area contributed by atoms with Gasteiger partial charge in [-0.3, -0.25) is 0 Å². The second-order valence-corrected chi connectivity index (χ2v) is 7.43. The van der Waals surface area contributed by atoms with Crippen molar-refractivity contribution in [1.82, 2.24) is 15.0 Å². The van der Waals surface area contributed by atoms with Crippen LogP contribution in [0.2, 0.25) is 0 Å². The molecule has 0 aliphatic rings. The molecule has 0 fully saturated rings. The number of furan rings is 1. The Labute approximate surface area is 205 Å². The van der Waals surface area contributed by atoms with E-state index in [0.717, 1.165) is 27.2 Å². The van der Waals surface area contributed by atoms with Crippen molar-refractivity contribution in [3.8, 4) is 5.75 Å². The van der Waals surface area contributed by atoms with Crippen LogP contribution in [0.25, 0.3) is 0 Å². The van der Waals surface area contributed by atoms with Crippen LogP contribution in [0, 0.1) is 0 Å². The molecule has 4 aromatic rings. The van der Waals surface area contributed by atoms with E-state index in [1.807, 2.05) is 60.7 Å². The number of ether oxygens (including phenoxy) is 1. The zero-order valence-electron chi connectivity index (χ0n) is 17.5. The molecule has 0 unspecified atom stereocenters. The number of anilines is 4. The summed E-state index contributed by atoms with van der Waals surface area (Å²) in [7, 11) is 1.62. The van der Waals surface area contributed by atoms with Crippen molar-refractivity contribution in [2.75, 3.05) is 23.2 Å². The van der Waals surface area contributed by atoms with Crippen LogP contribution in [0.4, 0.5) is 23.5 Å². The van der Waals surface area contributed by atoms with Crippen LogP contribution in [0.5, 0.6) is 5.75 Å². The van der Waals surface area contributed by atoms with Crippen molar-refractivity contribution in [3.63, 3.8) is 0 Å². The van der Waals surface area contributed by atoms with Gasteiger partial charge in [-0.1, -0.05) is 28.1 Å². The quantitative estimate of drug-likeness (QED) is 0.193. The number of nitrogens with zero attached hydrogens (tertiary/aromatic N) is 4. The van der Waals surface area contributed by atoms with Gasteiger partial charge in [-0.05, 0) is 54.1 Å². The van der Waals surface area contributed by atoms with E-state index in [2.05, 4.69) is 52.0 Å². The van der Waals surface area contributed by atoms with Crippen LogP contribution in [-0.2, 0) is 6.54 Å². The molecule has 2 aromatic heterocycles. The van der Waals surface area contributed by atoms with E-state index in [1.165, 1.54) is 0 Å². The first-order valence-electron chi connectivity index (χ1n) is 9.66. The molecule has 0 spiro atoms. The van der Waals surface area contributed by atoms with Gasteiger partial charge in [-0.2, -0.15) is 20.1 Å². The minimum absolute atomic E-state index is 0. The lowest BCUT2D eigenvalue weighted by atomic mass is 10.2. The number of methoxy groups -OCH3 is 1. The summed E-state index contributed by atoms with van der Waals surface area (Å²) in [5, 5.41) is 10.5. The van der Waals surface area contributed by atoms with Gasteiger partial charge < -0.3 is 19.8 Å². The lowest BCUT2D eigenvalue weighted by molar-refractivity contribution is 0.415. The predicted molar refractivity (Wildman–Crippen MR) is 135 cm³/mol. The Morgan fingerprint density at radius 2 is 1.70 bits per heavy atom. The molecule has 0 aliphatic heterocycles. The molecular formula is C22H21BrClN7O2. The van der Waals surface area contributed by atoms with Crippen LogP contribution in [-0.4, -0.2) is 28.3 Å². The van der Waals surface area contributed by atoms with Gasteiger partial charge in [0.15, 0.2) is 0 Å². The van der Waals surface area contributed by atoms with Gasteiger partial charge in [-0.15, -0.1) is 12.4 Å². The van der Waals surface area contributed by atoms with E-state index in [1.54, 1.807) is 19.6 Å². The molecule has 0 amide bonds. The summed E-state index contributed by atoms with van der Waals surface area (Å²) in [5.74, 6) is 2.53. The summed E-state index contributed by atoms with van der Waals surface area (Å²) in [6.07, 6.45) is 3.30. The Hall–Kier alpha value is -3.63. The molecule has 2 heterocycles. The molecular weight excluding hydrogens is 510 g/mol. The van der Waals surface area contributed by atoms with E-state index in [0.29, 0.717) is 18.4 Å². The third kappa shape index (κ3) is 7.19. The van der Waals surface area contributed by atoms with Crippen LogP contribution < -0.4 is 20.8 Å². The zero-order chi connectivity index (χ0) is 22.2. The zero-order valence-corrected chi connectivity index (χ0v) is 19.9. The fourth-order valence-corrected chi connectivity index (χ4v) is 2.92. The molecule has 2 aromatic carbocycles. The van der Waals surface area contributed by atoms with E-state index in [-0.39, 0.29) is 18.4 Å². The minimum atomic E-state index is 0. The van der Waals surface area contributed by atoms with Crippen LogP contribution in [0.1, 0.15) is 11.3 Å². The summed E-state index contributed by atoms with van der Waals surface area (Å²) in [6.45, 7) is 0.431. The molecule has 11 heteroatoms. The predicted octanol–water partition coefficient (Wildman–Crippen LogP) is 5.46. The summed E-state index contributed by atoms with van der Waals surface area (Å²) in [5.41, 5.74) is 4.59.